The van der Waals surface area contributed by atoms with Crippen LogP contribution in [0.1, 0.15) is 54.0 Å². The Morgan fingerprint density at radius 3 is 2.36 bits per heavy atom. The third kappa shape index (κ3) is 3.56. The summed E-state index contributed by atoms with van der Waals surface area (Å²) < 4.78 is 17.7. The molecule has 1 aromatic carbocycles. The lowest BCUT2D eigenvalue weighted by molar-refractivity contribution is -0.155. The predicted octanol–water partition coefficient (Wildman–Crippen LogP) is 2.66. The van der Waals surface area contributed by atoms with E-state index in [0.717, 1.165) is 16.7 Å². The van der Waals surface area contributed by atoms with Gasteiger partial charge in [0.2, 0.25) is 0 Å². The van der Waals surface area contributed by atoms with Crippen molar-refractivity contribution in [3.8, 4) is 0 Å². The standard InChI is InChI=1S/C19H28BNO4/c1-17(2,3)23-16(22)15-11-12-10-13(8-9-14(12)21-15)20-24-18(4,5)19(6,7)25-20/h8-10,15,21H,11H2,1-7H3. The van der Waals surface area contributed by atoms with Gasteiger partial charge in [0.15, 0.2) is 0 Å². The molecule has 0 bridgehead atoms. The SMILES string of the molecule is CC(C)(C)OC(=O)C1Cc2cc(B3OC(C)(C)C(C)(C)O3)ccc2N1. The fourth-order valence-corrected chi connectivity index (χ4v) is 3.02. The van der Waals surface area contributed by atoms with E-state index in [1.54, 1.807) is 0 Å². The van der Waals surface area contributed by atoms with E-state index in [1.807, 2.05) is 60.6 Å². The molecule has 0 amide bonds. The number of fused-ring (bicyclic) bond motifs is 1. The Kier molecular flexibility index (Phi) is 4.20. The van der Waals surface area contributed by atoms with Crippen molar-refractivity contribution in [3.63, 3.8) is 0 Å². The van der Waals surface area contributed by atoms with E-state index < -0.39 is 12.7 Å². The molecule has 0 saturated carbocycles. The second-order valence-electron chi connectivity index (χ2n) is 8.94. The summed E-state index contributed by atoms with van der Waals surface area (Å²) in [5.74, 6) is -0.221. The molecule has 0 aliphatic carbocycles. The van der Waals surface area contributed by atoms with E-state index in [0.29, 0.717) is 6.42 Å². The van der Waals surface area contributed by atoms with Crippen LogP contribution in [0.3, 0.4) is 0 Å². The zero-order valence-corrected chi connectivity index (χ0v) is 16.2. The molecular weight excluding hydrogens is 317 g/mol. The maximum Gasteiger partial charge on any atom is 0.494 e. The van der Waals surface area contributed by atoms with Gasteiger partial charge >= 0.3 is 13.1 Å². The van der Waals surface area contributed by atoms with Crippen molar-refractivity contribution in [1.82, 2.24) is 0 Å². The summed E-state index contributed by atoms with van der Waals surface area (Å²) in [6.07, 6.45) is 0.609. The molecule has 1 aromatic rings. The van der Waals surface area contributed by atoms with Gasteiger partial charge < -0.3 is 19.4 Å². The van der Waals surface area contributed by atoms with Gasteiger partial charge in [0.25, 0.3) is 0 Å². The van der Waals surface area contributed by atoms with Crippen LogP contribution in [0.25, 0.3) is 0 Å². The Bertz CT molecular complexity index is 677. The second-order valence-corrected chi connectivity index (χ2v) is 8.94. The summed E-state index contributed by atoms with van der Waals surface area (Å²) in [6, 6.07) is 5.70. The number of carbonyl (C=O) groups excluding carboxylic acids is 1. The Morgan fingerprint density at radius 1 is 1.20 bits per heavy atom. The van der Waals surface area contributed by atoms with Gasteiger partial charge in [-0.3, -0.25) is 0 Å². The van der Waals surface area contributed by atoms with E-state index in [2.05, 4.69) is 11.4 Å². The molecule has 0 aromatic heterocycles. The predicted molar refractivity (Wildman–Crippen MR) is 99.1 cm³/mol. The number of nitrogens with one attached hydrogen (secondary N) is 1. The van der Waals surface area contributed by atoms with Crippen molar-refractivity contribution >= 4 is 24.2 Å². The maximum absolute atomic E-state index is 12.3. The lowest BCUT2D eigenvalue weighted by atomic mass is 9.78. The van der Waals surface area contributed by atoms with Gasteiger partial charge in [-0.15, -0.1) is 0 Å². The zero-order chi connectivity index (χ0) is 18.6. The molecule has 136 valence electrons. The van der Waals surface area contributed by atoms with Gasteiger partial charge in [0.1, 0.15) is 11.6 Å². The van der Waals surface area contributed by atoms with Gasteiger partial charge in [-0.2, -0.15) is 0 Å². The van der Waals surface area contributed by atoms with Crippen LogP contribution in [0, 0.1) is 0 Å². The molecule has 25 heavy (non-hydrogen) atoms. The van der Waals surface area contributed by atoms with E-state index in [9.17, 15) is 4.79 Å². The fourth-order valence-electron chi connectivity index (χ4n) is 3.02. The van der Waals surface area contributed by atoms with Gasteiger partial charge in [-0.25, -0.2) is 4.79 Å². The zero-order valence-electron chi connectivity index (χ0n) is 16.2. The van der Waals surface area contributed by atoms with Crippen molar-refractivity contribution in [2.45, 2.75) is 77.7 Å². The first-order valence-electron chi connectivity index (χ1n) is 8.86. The van der Waals surface area contributed by atoms with Gasteiger partial charge in [-0.05, 0) is 65.6 Å². The molecule has 0 radical (unpaired) electrons. The van der Waals surface area contributed by atoms with Crippen LogP contribution in [0.2, 0.25) is 0 Å². The number of ether oxygens (including phenoxy) is 1. The maximum atomic E-state index is 12.3. The van der Waals surface area contributed by atoms with Crippen molar-refractivity contribution in [2.75, 3.05) is 5.32 Å². The Balaban J connectivity index is 1.74. The van der Waals surface area contributed by atoms with Crippen molar-refractivity contribution in [2.24, 2.45) is 0 Å². The van der Waals surface area contributed by atoms with E-state index in [4.69, 9.17) is 14.0 Å². The molecule has 1 fully saturated rings. The molecule has 1 atom stereocenters. The summed E-state index contributed by atoms with van der Waals surface area (Å²) in [7, 11) is -0.393. The van der Waals surface area contributed by atoms with Gasteiger partial charge in [0, 0.05) is 12.1 Å². The quantitative estimate of drug-likeness (QED) is 0.660. The molecule has 2 aliphatic heterocycles. The van der Waals surface area contributed by atoms with Crippen LogP contribution in [0.4, 0.5) is 5.69 Å². The summed E-state index contributed by atoms with van der Waals surface area (Å²) >= 11 is 0. The summed E-state index contributed by atoms with van der Waals surface area (Å²) in [5, 5.41) is 3.25. The first-order valence-corrected chi connectivity index (χ1v) is 8.86. The first-order chi connectivity index (χ1) is 11.4. The number of anilines is 1. The normalized spacial score (nSPS) is 24.0. The lowest BCUT2D eigenvalue weighted by Gasteiger charge is -2.32. The highest BCUT2D eigenvalue weighted by Gasteiger charge is 2.51. The Morgan fingerprint density at radius 2 is 1.80 bits per heavy atom. The molecule has 0 spiro atoms. The summed E-state index contributed by atoms with van der Waals surface area (Å²) in [4.78, 5) is 12.3. The molecule has 1 unspecified atom stereocenters. The van der Waals surface area contributed by atoms with Crippen molar-refractivity contribution < 1.29 is 18.8 Å². The minimum atomic E-state index is -0.485. The van der Waals surface area contributed by atoms with E-state index >= 15 is 0 Å². The smallest absolute Gasteiger partial charge is 0.458 e. The van der Waals surface area contributed by atoms with Crippen LogP contribution in [-0.2, 0) is 25.3 Å². The highest BCUT2D eigenvalue weighted by atomic mass is 16.7. The number of esters is 1. The monoisotopic (exact) mass is 345 g/mol. The molecule has 1 N–H and O–H groups in total. The third-order valence-electron chi connectivity index (χ3n) is 5.10. The van der Waals surface area contributed by atoms with Crippen molar-refractivity contribution in [3.05, 3.63) is 23.8 Å². The molecule has 2 heterocycles. The first kappa shape index (κ1) is 18.3. The topological polar surface area (TPSA) is 56.8 Å². The number of rotatable bonds is 2. The minimum Gasteiger partial charge on any atom is -0.458 e. The van der Waals surface area contributed by atoms with Gasteiger partial charge in [-0.1, -0.05) is 12.1 Å². The van der Waals surface area contributed by atoms with Crippen LogP contribution in [-0.4, -0.2) is 35.9 Å². The molecule has 3 rings (SSSR count). The molecule has 5 nitrogen and oxygen atoms in total. The molecule has 1 saturated heterocycles. The molecule has 6 heteroatoms. The molecule has 2 aliphatic rings. The van der Waals surface area contributed by atoms with E-state index in [-0.39, 0.29) is 23.2 Å². The molecular formula is C19H28BNO4. The highest BCUT2D eigenvalue weighted by Crippen LogP contribution is 2.37. The third-order valence-corrected chi connectivity index (χ3v) is 5.10. The Hall–Kier alpha value is -1.53. The number of hydrogen-bond donors (Lipinski definition) is 1. The van der Waals surface area contributed by atoms with E-state index in [1.165, 1.54) is 0 Å². The number of hydrogen-bond acceptors (Lipinski definition) is 5. The fraction of sp³-hybridized carbons (Fsp3) is 0.632. The summed E-state index contributed by atoms with van der Waals surface area (Å²) in [5.41, 5.74) is 1.81. The van der Waals surface area contributed by atoms with Crippen LogP contribution in [0.15, 0.2) is 18.2 Å². The number of benzene rings is 1. The average Bonchev–Trinajstić information content (AvgIpc) is 2.95. The van der Waals surface area contributed by atoms with Crippen LogP contribution >= 0.6 is 0 Å². The number of carbonyl (C=O) groups is 1. The average molecular weight is 345 g/mol. The largest absolute Gasteiger partial charge is 0.494 e. The lowest BCUT2D eigenvalue weighted by Crippen LogP contribution is -2.41. The summed E-state index contributed by atoms with van der Waals surface area (Å²) in [6.45, 7) is 13.8. The highest BCUT2D eigenvalue weighted by molar-refractivity contribution is 6.62. The Labute approximate surface area is 150 Å². The second kappa shape index (κ2) is 5.75. The van der Waals surface area contributed by atoms with Gasteiger partial charge in [0.05, 0.1) is 11.2 Å². The van der Waals surface area contributed by atoms with Crippen molar-refractivity contribution in [1.29, 1.82) is 0 Å². The minimum absolute atomic E-state index is 0.221. The van der Waals surface area contributed by atoms with Crippen LogP contribution in [0.5, 0.6) is 0 Å². The van der Waals surface area contributed by atoms with Crippen LogP contribution < -0.4 is 10.8 Å².